The molecule has 0 aromatic rings. The first kappa shape index (κ1) is 13.3. The van der Waals surface area contributed by atoms with E-state index in [0.717, 1.165) is 25.9 Å². The predicted molar refractivity (Wildman–Crippen MR) is 65.1 cm³/mol. The number of hydrogen-bond acceptors (Lipinski definition) is 3. The smallest absolute Gasteiger partial charge is 0.311 e. The Balaban J connectivity index is 1.62. The highest BCUT2D eigenvalue weighted by Gasteiger charge is 2.50. The van der Waals surface area contributed by atoms with Crippen LogP contribution in [0.25, 0.3) is 0 Å². The summed E-state index contributed by atoms with van der Waals surface area (Å²) in [4.78, 5) is 22.6. The van der Waals surface area contributed by atoms with E-state index in [1.54, 1.807) is 0 Å². The first-order chi connectivity index (χ1) is 8.62. The molecule has 2 N–H and O–H groups in total. The number of ether oxygens (including phenoxy) is 1. The van der Waals surface area contributed by atoms with Crippen LogP contribution in [0.15, 0.2) is 0 Å². The lowest BCUT2D eigenvalue weighted by Gasteiger charge is -2.22. The number of carbonyl (C=O) groups is 2. The van der Waals surface area contributed by atoms with Gasteiger partial charge in [0.1, 0.15) is 0 Å². The molecule has 0 radical (unpaired) electrons. The lowest BCUT2D eigenvalue weighted by molar-refractivity contribution is -0.143. The summed E-state index contributed by atoms with van der Waals surface area (Å²) >= 11 is 0. The average molecular weight is 255 g/mol. The fourth-order valence-corrected chi connectivity index (χ4v) is 2.30. The van der Waals surface area contributed by atoms with Gasteiger partial charge in [0.15, 0.2) is 0 Å². The minimum absolute atomic E-state index is 0.0586. The van der Waals surface area contributed by atoms with E-state index >= 15 is 0 Å². The molecule has 2 fully saturated rings. The van der Waals surface area contributed by atoms with Crippen molar-refractivity contribution in [3.63, 3.8) is 0 Å². The fourth-order valence-electron chi connectivity index (χ4n) is 2.30. The minimum Gasteiger partial charge on any atom is -0.481 e. The highest BCUT2D eigenvalue weighted by atomic mass is 16.5. The third kappa shape index (κ3) is 3.45. The van der Waals surface area contributed by atoms with Crippen molar-refractivity contribution in [2.45, 2.75) is 51.0 Å². The van der Waals surface area contributed by atoms with Crippen LogP contribution in [0.4, 0.5) is 0 Å². The number of carboxylic acids is 1. The molecule has 2 aliphatic rings. The second-order valence-electron chi connectivity index (χ2n) is 5.39. The van der Waals surface area contributed by atoms with E-state index in [4.69, 9.17) is 9.84 Å². The number of hydrogen-bond donors (Lipinski definition) is 2. The number of rotatable bonds is 6. The summed E-state index contributed by atoms with van der Waals surface area (Å²) in [6, 6.07) is 0. The topological polar surface area (TPSA) is 75.6 Å². The van der Waals surface area contributed by atoms with Crippen molar-refractivity contribution in [3.05, 3.63) is 0 Å². The van der Waals surface area contributed by atoms with Gasteiger partial charge in [-0.05, 0) is 38.5 Å². The monoisotopic (exact) mass is 255 g/mol. The Kier molecular flexibility index (Phi) is 4.22. The quantitative estimate of drug-likeness (QED) is 0.750. The lowest BCUT2D eigenvalue weighted by atomic mass is 10.0. The second kappa shape index (κ2) is 5.69. The molecule has 5 nitrogen and oxygen atoms in total. The van der Waals surface area contributed by atoms with Crippen LogP contribution in [-0.2, 0) is 14.3 Å². The maximum Gasteiger partial charge on any atom is 0.311 e. The van der Waals surface area contributed by atoms with Gasteiger partial charge in [-0.15, -0.1) is 0 Å². The SMILES string of the molecule is O=C(CCC1CCCCO1)NCC1(C(=O)O)CC1. The Morgan fingerprint density at radius 2 is 2.11 bits per heavy atom. The van der Waals surface area contributed by atoms with Crippen molar-refractivity contribution in [1.82, 2.24) is 5.32 Å². The van der Waals surface area contributed by atoms with Gasteiger partial charge in [0.25, 0.3) is 0 Å². The zero-order valence-electron chi connectivity index (χ0n) is 10.6. The van der Waals surface area contributed by atoms with E-state index < -0.39 is 11.4 Å². The van der Waals surface area contributed by atoms with E-state index in [1.165, 1.54) is 6.42 Å². The third-order valence-electron chi connectivity index (χ3n) is 3.90. The third-order valence-corrected chi connectivity index (χ3v) is 3.90. The van der Waals surface area contributed by atoms with Crippen molar-refractivity contribution in [2.75, 3.05) is 13.2 Å². The van der Waals surface area contributed by atoms with Crippen LogP contribution in [0.3, 0.4) is 0 Å². The van der Waals surface area contributed by atoms with E-state index in [-0.39, 0.29) is 18.6 Å². The number of aliphatic carboxylic acids is 1. The first-order valence-corrected chi connectivity index (χ1v) is 6.74. The fraction of sp³-hybridized carbons (Fsp3) is 0.846. The van der Waals surface area contributed by atoms with Crippen LogP contribution in [0, 0.1) is 5.41 Å². The van der Waals surface area contributed by atoms with Crippen LogP contribution in [0.1, 0.15) is 44.9 Å². The molecule has 1 unspecified atom stereocenters. The molecule has 0 aromatic heterocycles. The van der Waals surface area contributed by atoms with Gasteiger partial charge in [-0.1, -0.05) is 0 Å². The molecule has 0 aromatic carbocycles. The molecule has 2 rings (SSSR count). The Morgan fingerprint density at radius 1 is 1.33 bits per heavy atom. The lowest BCUT2D eigenvalue weighted by Crippen LogP contribution is -2.34. The summed E-state index contributed by atoms with van der Waals surface area (Å²) in [6.45, 7) is 1.07. The van der Waals surface area contributed by atoms with Gasteiger partial charge < -0.3 is 15.2 Å². The Labute approximate surface area is 107 Å². The molecule has 1 atom stereocenters. The van der Waals surface area contributed by atoms with Crippen molar-refractivity contribution < 1.29 is 19.4 Å². The molecule has 1 saturated heterocycles. The molecule has 1 heterocycles. The first-order valence-electron chi connectivity index (χ1n) is 6.74. The molecular weight excluding hydrogens is 234 g/mol. The molecular formula is C13H21NO4. The normalized spacial score (nSPS) is 25.4. The van der Waals surface area contributed by atoms with Crippen LogP contribution >= 0.6 is 0 Å². The predicted octanol–water partition coefficient (Wildman–Crippen LogP) is 1.32. The van der Waals surface area contributed by atoms with Crippen LogP contribution in [0.2, 0.25) is 0 Å². The van der Waals surface area contributed by atoms with Gasteiger partial charge in [-0.25, -0.2) is 0 Å². The zero-order chi connectivity index (χ0) is 13.0. The Morgan fingerprint density at radius 3 is 2.67 bits per heavy atom. The summed E-state index contributed by atoms with van der Waals surface area (Å²) in [5.41, 5.74) is -0.670. The number of amides is 1. The summed E-state index contributed by atoms with van der Waals surface area (Å²) in [7, 11) is 0. The molecule has 1 amide bonds. The molecule has 1 aliphatic carbocycles. The average Bonchev–Trinajstić information content (AvgIpc) is 3.16. The minimum atomic E-state index is -0.793. The molecule has 18 heavy (non-hydrogen) atoms. The van der Waals surface area contributed by atoms with Gasteiger partial charge >= 0.3 is 5.97 Å². The van der Waals surface area contributed by atoms with Gasteiger partial charge in [-0.2, -0.15) is 0 Å². The standard InChI is InChI=1S/C13H21NO4/c15-11(5-4-10-3-1-2-8-18-10)14-9-13(6-7-13)12(16)17/h10H,1-9H2,(H,14,15)(H,16,17). The van der Waals surface area contributed by atoms with E-state index in [1.807, 2.05) is 0 Å². The Hall–Kier alpha value is -1.10. The summed E-state index contributed by atoms with van der Waals surface area (Å²) in [5, 5.41) is 11.7. The van der Waals surface area contributed by atoms with Crippen LogP contribution < -0.4 is 5.32 Å². The van der Waals surface area contributed by atoms with Gasteiger partial charge in [0.05, 0.1) is 11.5 Å². The maximum absolute atomic E-state index is 11.6. The number of carboxylic acid groups (broad SMARTS) is 1. The summed E-state index contributed by atoms with van der Waals surface area (Å²) < 4.78 is 5.55. The van der Waals surface area contributed by atoms with Crippen LogP contribution in [0.5, 0.6) is 0 Å². The van der Waals surface area contributed by atoms with Gasteiger partial charge in [0, 0.05) is 19.6 Å². The highest BCUT2D eigenvalue weighted by molar-refractivity contribution is 5.80. The van der Waals surface area contributed by atoms with Gasteiger partial charge in [0.2, 0.25) is 5.91 Å². The van der Waals surface area contributed by atoms with Crippen molar-refractivity contribution in [3.8, 4) is 0 Å². The molecule has 102 valence electrons. The molecule has 1 aliphatic heterocycles. The molecule has 5 heteroatoms. The summed E-state index contributed by atoms with van der Waals surface area (Å²) in [5.74, 6) is -0.852. The van der Waals surface area contributed by atoms with Gasteiger partial charge in [-0.3, -0.25) is 9.59 Å². The summed E-state index contributed by atoms with van der Waals surface area (Å²) in [6.07, 6.45) is 6.05. The molecule has 1 saturated carbocycles. The van der Waals surface area contributed by atoms with Crippen molar-refractivity contribution in [1.29, 1.82) is 0 Å². The zero-order valence-corrected chi connectivity index (χ0v) is 10.6. The van der Waals surface area contributed by atoms with Crippen molar-refractivity contribution >= 4 is 11.9 Å². The van der Waals surface area contributed by atoms with E-state index in [2.05, 4.69) is 5.32 Å². The Bertz CT molecular complexity index is 319. The molecule has 0 bridgehead atoms. The highest BCUT2D eigenvalue weighted by Crippen LogP contribution is 2.45. The van der Waals surface area contributed by atoms with Crippen molar-refractivity contribution in [2.24, 2.45) is 5.41 Å². The van der Waals surface area contributed by atoms with Crippen LogP contribution in [-0.4, -0.2) is 36.2 Å². The second-order valence-corrected chi connectivity index (χ2v) is 5.39. The van der Waals surface area contributed by atoms with E-state index in [9.17, 15) is 9.59 Å². The number of carbonyl (C=O) groups excluding carboxylic acids is 1. The van der Waals surface area contributed by atoms with E-state index in [0.29, 0.717) is 19.3 Å². The molecule has 0 spiro atoms. The largest absolute Gasteiger partial charge is 0.481 e. The number of nitrogens with one attached hydrogen (secondary N) is 1. The maximum atomic E-state index is 11.6.